The number of nitrogens with zero attached hydrogens (tertiary/aromatic N) is 1. The van der Waals surface area contributed by atoms with E-state index in [-0.39, 0.29) is 16.7 Å². The van der Waals surface area contributed by atoms with Gasteiger partial charge in [0.05, 0.1) is 7.11 Å². The Morgan fingerprint density at radius 1 is 1.19 bits per heavy atom. The number of rotatable bonds is 4. The van der Waals surface area contributed by atoms with Crippen molar-refractivity contribution in [3.63, 3.8) is 0 Å². The number of carbonyl (C=O) groups is 1. The number of anilines is 1. The molecule has 21 heavy (non-hydrogen) atoms. The van der Waals surface area contributed by atoms with Gasteiger partial charge in [0, 0.05) is 24.7 Å². The number of alkyl halides is 3. The van der Waals surface area contributed by atoms with Gasteiger partial charge in [-0.25, -0.2) is 4.79 Å². The summed E-state index contributed by atoms with van der Waals surface area (Å²) in [7, 11) is 4.35. The molecule has 0 unspecified atom stereocenters. The van der Waals surface area contributed by atoms with Crippen molar-refractivity contribution in [2.24, 2.45) is 0 Å². The van der Waals surface area contributed by atoms with Gasteiger partial charge in [0.15, 0.2) is 10.7 Å². The Morgan fingerprint density at radius 3 is 2.10 bits per heavy atom. The normalized spacial score (nSPS) is 12.7. The molecule has 1 aromatic rings. The first-order chi connectivity index (χ1) is 9.66. The number of thioether (sulfide) groups is 1. The minimum Gasteiger partial charge on any atom is -0.465 e. The van der Waals surface area contributed by atoms with Gasteiger partial charge < -0.3 is 9.64 Å². The van der Waals surface area contributed by atoms with Crippen molar-refractivity contribution in [3.05, 3.63) is 35.0 Å². The van der Waals surface area contributed by atoms with Crippen LogP contribution in [0.1, 0.15) is 0 Å². The third-order valence-electron chi connectivity index (χ3n) is 2.43. The Hall–Kier alpha value is -1.70. The zero-order valence-corrected chi connectivity index (χ0v) is 12.3. The maximum absolute atomic E-state index is 13.8. The van der Waals surface area contributed by atoms with E-state index in [2.05, 4.69) is 4.74 Å². The van der Waals surface area contributed by atoms with Gasteiger partial charge in [0.25, 0.3) is 0 Å². The average molecular weight is 323 g/mol. The Bertz CT molecular complexity index is 538. The third-order valence-corrected chi connectivity index (χ3v) is 3.32. The zero-order valence-electron chi connectivity index (χ0n) is 11.5. The summed E-state index contributed by atoms with van der Waals surface area (Å²) in [5, 5.41) is -1.65. The van der Waals surface area contributed by atoms with Crippen LogP contribution in [0.15, 0.2) is 39.9 Å². The van der Waals surface area contributed by atoms with Gasteiger partial charge in [-0.1, -0.05) is 11.8 Å². The highest BCUT2D eigenvalue weighted by atomic mass is 32.2. The Morgan fingerprint density at radius 2 is 1.71 bits per heavy atom. The monoisotopic (exact) mass is 323 g/mol. The predicted molar refractivity (Wildman–Crippen MR) is 72.8 cm³/mol. The van der Waals surface area contributed by atoms with Crippen molar-refractivity contribution < 1.29 is 27.1 Å². The zero-order chi connectivity index (χ0) is 16.2. The van der Waals surface area contributed by atoms with E-state index in [9.17, 15) is 22.4 Å². The molecule has 0 atom stereocenters. The highest BCUT2D eigenvalue weighted by Gasteiger charge is 2.43. The third kappa shape index (κ3) is 4.66. The van der Waals surface area contributed by atoms with E-state index in [0.717, 1.165) is 12.8 Å². The number of benzene rings is 1. The number of carbonyl (C=O) groups excluding carboxylic acids is 1. The highest BCUT2D eigenvalue weighted by Crippen LogP contribution is 2.38. The fourth-order valence-corrected chi connectivity index (χ4v) is 2.16. The fourth-order valence-electron chi connectivity index (χ4n) is 1.38. The molecule has 0 aliphatic rings. The van der Waals surface area contributed by atoms with Crippen molar-refractivity contribution in [3.8, 4) is 0 Å². The van der Waals surface area contributed by atoms with Gasteiger partial charge in [-0.05, 0) is 24.3 Å². The van der Waals surface area contributed by atoms with Gasteiger partial charge in [-0.15, -0.1) is 0 Å². The van der Waals surface area contributed by atoms with Gasteiger partial charge >= 0.3 is 12.1 Å². The molecule has 8 heteroatoms. The van der Waals surface area contributed by atoms with Gasteiger partial charge in [-0.2, -0.15) is 17.6 Å². The summed E-state index contributed by atoms with van der Waals surface area (Å²) in [5.41, 5.74) is -1.13. The second-order valence-electron chi connectivity index (χ2n) is 4.13. The molecule has 3 nitrogen and oxygen atoms in total. The molecule has 0 aliphatic carbocycles. The van der Waals surface area contributed by atoms with Crippen LogP contribution in [0.3, 0.4) is 0 Å². The molecule has 0 radical (unpaired) electrons. The number of hydrogen-bond acceptors (Lipinski definition) is 4. The molecule has 0 saturated carbocycles. The van der Waals surface area contributed by atoms with Crippen LogP contribution < -0.4 is 4.90 Å². The first-order valence-electron chi connectivity index (χ1n) is 5.67. The Balaban J connectivity index is 3.07. The molecule has 0 saturated heterocycles. The van der Waals surface area contributed by atoms with E-state index in [1.54, 1.807) is 31.1 Å². The molecule has 0 N–H and O–H groups in total. The summed E-state index contributed by atoms with van der Waals surface area (Å²) in [5.74, 6) is -1.75. The molecule has 0 aliphatic heterocycles. The lowest BCUT2D eigenvalue weighted by molar-refractivity contribution is -0.148. The number of ether oxygens (including phenoxy) is 1. The summed E-state index contributed by atoms with van der Waals surface area (Å²) < 4.78 is 55.7. The van der Waals surface area contributed by atoms with E-state index in [4.69, 9.17) is 0 Å². The van der Waals surface area contributed by atoms with Crippen molar-refractivity contribution in [2.45, 2.75) is 11.1 Å². The van der Waals surface area contributed by atoms with E-state index in [1.807, 2.05) is 0 Å². The van der Waals surface area contributed by atoms with Crippen LogP contribution in [0.5, 0.6) is 0 Å². The topological polar surface area (TPSA) is 29.5 Å². The van der Waals surface area contributed by atoms with Crippen LogP contribution in [-0.2, 0) is 9.53 Å². The molecule has 0 spiro atoms. The standard InChI is InChI=1S/C13H13F4NO2S/c1-18(2)8-4-6-9(7-5-8)21-11(14)10(12(19)20-3)13(15,16)17/h4-7H,1-3H3/b11-10+. The molecule has 0 heterocycles. The van der Waals surface area contributed by atoms with E-state index < -0.39 is 22.9 Å². The summed E-state index contributed by atoms with van der Waals surface area (Å²) in [4.78, 5) is 13.1. The van der Waals surface area contributed by atoms with E-state index in [0.29, 0.717) is 0 Å². The second-order valence-corrected chi connectivity index (χ2v) is 5.16. The first-order valence-corrected chi connectivity index (χ1v) is 6.49. The smallest absolute Gasteiger partial charge is 0.426 e. The molecular formula is C13H13F4NO2S. The molecule has 0 bridgehead atoms. The van der Waals surface area contributed by atoms with Crippen LogP contribution in [0, 0.1) is 0 Å². The lowest BCUT2D eigenvalue weighted by atomic mass is 10.3. The number of hydrogen-bond donors (Lipinski definition) is 0. The minimum absolute atomic E-state index is 0.216. The lowest BCUT2D eigenvalue weighted by Gasteiger charge is -2.13. The van der Waals surface area contributed by atoms with Crippen LogP contribution in [-0.4, -0.2) is 33.4 Å². The number of halogens is 4. The quantitative estimate of drug-likeness (QED) is 0.365. The van der Waals surface area contributed by atoms with Crippen LogP contribution >= 0.6 is 11.8 Å². The number of esters is 1. The number of methoxy groups -OCH3 is 1. The summed E-state index contributed by atoms with van der Waals surface area (Å²) in [6.07, 6.45) is -5.12. The average Bonchev–Trinajstić information content (AvgIpc) is 2.37. The molecule has 0 aromatic heterocycles. The van der Waals surface area contributed by atoms with E-state index in [1.165, 1.54) is 12.1 Å². The summed E-state index contributed by atoms with van der Waals surface area (Å²) in [6, 6.07) is 6.18. The minimum atomic E-state index is -5.12. The van der Waals surface area contributed by atoms with Gasteiger partial charge in [-0.3, -0.25) is 0 Å². The van der Waals surface area contributed by atoms with Crippen LogP contribution in [0.4, 0.5) is 23.2 Å². The second kappa shape index (κ2) is 6.84. The molecule has 0 fully saturated rings. The molecule has 1 rings (SSSR count). The van der Waals surface area contributed by atoms with Gasteiger partial charge in [0.2, 0.25) is 0 Å². The molecule has 1 aromatic carbocycles. The van der Waals surface area contributed by atoms with Crippen LogP contribution in [0.2, 0.25) is 0 Å². The Kier molecular flexibility index (Phi) is 5.65. The summed E-state index contributed by atoms with van der Waals surface area (Å²) in [6.45, 7) is 0. The molecule has 116 valence electrons. The van der Waals surface area contributed by atoms with Crippen molar-refractivity contribution in [1.29, 1.82) is 0 Å². The largest absolute Gasteiger partial charge is 0.465 e. The van der Waals surface area contributed by atoms with E-state index >= 15 is 0 Å². The predicted octanol–water partition coefficient (Wildman–Crippen LogP) is 3.76. The Labute approximate surface area is 123 Å². The first kappa shape index (κ1) is 17.4. The maximum atomic E-state index is 13.8. The summed E-state index contributed by atoms with van der Waals surface area (Å²) >= 11 is 0.216. The van der Waals surface area contributed by atoms with Crippen molar-refractivity contribution in [1.82, 2.24) is 0 Å². The fraction of sp³-hybridized carbons (Fsp3) is 0.308. The van der Waals surface area contributed by atoms with Crippen molar-refractivity contribution in [2.75, 3.05) is 26.1 Å². The van der Waals surface area contributed by atoms with Gasteiger partial charge in [0.1, 0.15) is 0 Å². The lowest BCUT2D eigenvalue weighted by Crippen LogP contribution is -2.22. The SMILES string of the molecule is COC(=O)/C(=C(/F)Sc1ccc(N(C)C)cc1)C(F)(F)F. The van der Waals surface area contributed by atoms with Crippen LogP contribution in [0.25, 0.3) is 0 Å². The molecule has 0 amide bonds. The highest BCUT2D eigenvalue weighted by molar-refractivity contribution is 8.03. The van der Waals surface area contributed by atoms with Crippen molar-refractivity contribution >= 4 is 23.4 Å². The maximum Gasteiger partial charge on any atom is 0.426 e. The molecular weight excluding hydrogens is 310 g/mol.